The van der Waals surface area contributed by atoms with Crippen molar-refractivity contribution in [2.45, 2.75) is 31.6 Å². The van der Waals surface area contributed by atoms with Gasteiger partial charge in [-0.2, -0.15) is 13.2 Å². The number of aromatic nitrogens is 3. The maximum Gasteiger partial charge on any atom is 0.394 e. The lowest BCUT2D eigenvalue weighted by Gasteiger charge is -2.40. The molecule has 6 aromatic rings. The quantitative estimate of drug-likeness (QED) is 0.175. The highest BCUT2D eigenvalue weighted by Crippen LogP contribution is 2.43. The number of ether oxygens (including phenoxy) is 3. The van der Waals surface area contributed by atoms with Crippen molar-refractivity contribution < 1.29 is 42.1 Å². The molecular weight excluding hydrogens is 766 g/mol. The molecule has 15 heteroatoms. The number of carbonyl (C=O) groups excluding carboxylic acids is 2. The van der Waals surface area contributed by atoms with E-state index in [1.54, 1.807) is 18.2 Å². The van der Waals surface area contributed by atoms with Crippen molar-refractivity contribution in [3.8, 4) is 28.5 Å². The van der Waals surface area contributed by atoms with Crippen LogP contribution in [0, 0.1) is 0 Å². The Kier molecular flexibility index (Phi) is 9.80. The smallest absolute Gasteiger partial charge is 0.394 e. The Morgan fingerprint density at radius 3 is 2.37 bits per heavy atom. The fourth-order valence-electron chi connectivity index (χ4n) is 8.42. The Bertz CT molecular complexity index is 2580. The van der Waals surface area contributed by atoms with Gasteiger partial charge in [-0.25, -0.2) is 4.98 Å². The summed E-state index contributed by atoms with van der Waals surface area (Å²) < 4.78 is 63.9. The molecule has 0 saturated carbocycles. The zero-order chi connectivity index (χ0) is 41.0. The summed E-state index contributed by atoms with van der Waals surface area (Å²) in [4.78, 5) is 40.1. The van der Waals surface area contributed by atoms with Crippen LogP contribution in [0.5, 0.6) is 17.2 Å². The van der Waals surface area contributed by atoms with Gasteiger partial charge in [0.05, 0.1) is 42.6 Å². The summed E-state index contributed by atoms with van der Waals surface area (Å²) in [7, 11) is 3.29. The van der Waals surface area contributed by atoms with E-state index in [4.69, 9.17) is 14.2 Å². The van der Waals surface area contributed by atoms with E-state index in [0.717, 1.165) is 24.2 Å². The van der Waals surface area contributed by atoms with Crippen LogP contribution in [0.25, 0.3) is 22.3 Å². The molecule has 1 atom stereocenters. The van der Waals surface area contributed by atoms with Gasteiger partial charge in [0.25, 0.3) is 11.8 Å². The molecule has 3 aliphatic heterocycles. The highest BCUT2D eigenvalue weighted by atomic mass is 19.4. The number of hydrogen-bond donors (Lipinski definition) is 1. The second kappa shape index (κ2) is 15.1. The molecular formula is C44H41F3N6O6. The first-order valence-electron chi connectivity index (χ1n) is 19.3. The molecule has 0 bridgehead atoms. The van der Waals surface area contributed by atoms with Crippen molar-refractivity contribution >= 4 is 34.2 Å². The van der Waals surface area contributed by atoms with Crippen LogP contribution in [0.1, 0.15) is 37.5 Å². The van der Waals surface area contributed by atoms with E-state index >= 15 is 4.79 Å². The number of morpholine rings is 1. The third-order valence-electron chi connectivity index (χ3n) is 11.4. The maximum absolute atomic E-state index is 15.1. The van der Waals surface area contributed by atoms with Crippen LogP contribution in [0.4, 0.5) is 24.5 Å². The summed E-state index contributed by atoms with van der Waals surface area (Å²) in [5.74, 6) is -0.486. The lowest BCUT2D eigenvalue weighted by molar-refractivity contribution is -0.128. The predicted octanol–water partition coefficient (Wildman–Crippen LogP) is 7.00. The van der Waals surface area contributed by atoms with Gasteiger partial charge in [-0.05, 0) is 72.1 Å². The largest absolute Gasteiger partial charge is 0.508 e. The molecule has 0 radical (unpaired) electrons. The van der Waals surface area contributed by atoms with Crippen LogP contribution in [0.3, 0.4) is 0 Å². The van der Waals surface area contributed by atoms with Crippen molar-refractivity contribution in [3.63, 3.8) is 0 Å². The van der Waals surface area contributed by atoms with Crippen molar-refractivity contribution in [2.24, 2.45) is 14.1 Å². The van der Waals surface area contributed by atoms with E-state index in [9.17, 15) is 23.1 Å². The molecule has 3 aromatic carbocycles. The molecule has 0 spiro atoms. The van der Waals surface area contributed by atoms with Gasteiger partial charge in [0.15, 0.2) is 11.5 Å². The van der Waals surface area contributed by atoms with E-state index in [0.29, 0.717) is 66.6 Å². The number of phenolic OH excluding ortho intramolecular Hbond substituents is 1. The van der Waals surface area contributed by atoms with Gasteiger partial charge in [0.2, 0.25) is 6.79 Å². The minimum Gasteiger partial charge on any atom is -0.508 e. The maximum atomic E-state index is 15.1. The first-order chi connectivity index (χ1) is 28.4. The van der Waals surface area contributed by atoms with Crippen LogP contribution in [-0.4, -0.2) is 92.7 Å². The van der Waals surface area contributed by atoms with E-state index in [1.165, 1.54) is 53.0 Å². The number of benzene rings is 3. The van der Waals surface area contributed by atoms with E-state index in [2.05, 4.69) is 16.0 Å². The number of rotatable bonds is 8. The lowest BCUT2D eigenvalue weighted by atomic mass is 9.92. The zero-order valence-corrected chi connectivity index (χ0v) is 32.4. The first kappa shape index (κ1) is 38.2. The lowest BCUT2D eigenvalue weighted by Crippen LogP contribution is -2.52. The van der Waals surface area contributed by atoms with E-state index in [-0.39, 0.29) is 52.6 Å². The van der Waals surface area contributed by atoms with Crippen molar-refractivity contribution in [2.75, 3.05) is 44.5 Å². The number of amides is 2. The van der Waals surface area contributed by atoms with Gasteiger partial charge in [-0.3, -0.25) is 19.4 Å². The van der Waals surface area contributed by atoms with Gasteiger partial charge in [-0.1, -0.05) is 24.3 Å². The molecule has 304 valence electrons. The summed E-state index contributed by atoms with van der Waals surface area (Å²) in [6, 6.07) is 21.8. The van der Waals surface area contributed by atoms with Crippen LogP contribution in [0.2, 0.25) is 0 Å². The molecule has 1 N–H and O–H groups in total. The summed E-state index contributed by atoms with van der Waals surface area (Å²) >= 11 is 0. The van der Waals surface area contributed by atoms with Crippen LogP contribution in [0.15, 0.2) is 91.3 Å². The molecule has 1 saturated heterocycles. The van der Waals surface area contributed by atoms with Crippen LogP contribution >= 0.6 is 0 Å². The third kappa shape index (κ3) is 7.36. The number of anilines is 2. The number of aryl methyl sites for hydroxylation is 1. The minimum absolute atomic E-state index is 0.0538. The Morgan fingerprint density at radius 1 is 0.898 bits per heavy atom. The molecule has 12 nitrogen and oxygen atoms in total. The average Bonchev–Trinajstić information content (AvgIpc) is 3.94. The second-order valence-corrected chi connectivity index (χ2v) is 15.2. The first-order valence-corrected chi connectivity index (χ1v) is 19.3. The van der Waals surface area contributed by atoms with Crippen molar-refractivity contribution in [1.82, 2.24) is 23.9 Å². The number of carbonyl (C=O) groups is 2. The predicted molar refractivity (Wildman–Crippen MR) is 213 cm³/mol. The molecule has 2 amide bonds. The number of nitrogens with zero attached hydrogens (tertiary/aromatic N) is 6. The second-order valence-electron chi connectivity index (χ2n) is 15.2. The van der Waals surface area contributed by atoms with Gasteiger partial charge in [0.1, 0.15) is 11.4 Å². The number of halogens is 3. The minimum atomic E-state index is -4.70. The Balaban J connectivity index is 1.18. The molecule has 3 aromatic heterocycles. The van der Waals surface area contributed by atoms with Crippen molar-refractivity contribution in [1.29, 1.82) is 0 Å². The molecule has 0 unspecified atom stereocenters. The molecule has 1 fully saturated rings. The Hall–Kier alpha value is -6.32. The Labute approximate surface area is 337 Å². The number of aromatic hydroxyl groups is 1. The highest BCUT2D eigenvalue weighted by Gasteiger charge is 2.38. The van der Waals surface area contributed by atoms with E-state index < -0.39 is 18.5 Å². The van der Waals surface area contributed by atoms with Crippen LogP contribution < -0.4 is 14.4 Å². The number of phenols is 1. The number of fused-ring (bicyclic) bond motifs is 3. The molecule has 9 rings (SSSR count). The average molecular weight is 807 g/mol. The topological polar surface area (TPSA) is 115 Å². The van der Waals surface area contributed by atoms with Gasteiger partial charge in [-0.15, -0.1) is 0 Å². The summed E-state index contributed by atoms with van der Waals surface area (Å²) in [5.41, 5.74) is 3.58. The summed E-state index contributed by atoms with van der Waals surface area (Å²) in [6.07, 6.45) is -2.21. The third-order valence-corrected chi connectivity index (χ3v) is 11.4. The molecule has 59 heavy (non-hydrogen) atoms. The van der Waals surface area contributed by atoms with Crippen molar-refractivity contribution in [3.05, 3.63) is 119 Å². The number of hydrogen-bond acceptors (Lipinski definition) is 8. The van der Waals surface area contributed by atoms with Crippen LogP contribution in [-0.2, 0) is 38.2 Å². The standard InChI is InChI=1S/C44H41F3N6O6/c1-49-12-11-28-18-31(23-48-41(28)49)53(30-7-9-33(54)10-8-30)43(56)36-19-37(50(2)38(36)22-44(45,46)47)34-20-39-40(59-26-58-39)21-35(34)42(55)52-24-29-6-4-3-5-27(29)17-32(52)25-51-13-15-57-16-14-51/h3-12,18-21,23,32,54H,13-17,22,24-26H2,1-2H3/t32-/m0/s1. The number of alkyl halides is 3. The Morgan fingerprint density at radius 2 is 1.63 bits per heavy atom. The fraction of sp³-hybridized carbons (Fsp3) is 0.295. The highest BCUT2D eigenvalue weighted by molar-refractivity contribution is 6.13. The normalized spacial score (nSPS) is 16.7. The van der Waals surface area contributed by atoms with Gasteiger partial charge < -0.3 is 33.4 Å². The monoisotopic (exact) mass is 806 g/mol. The summed E-state index contributed by atoms with van der Waals surface area (Å²) in [6.45, 7) is 3.50. The zero-order valence-electron chi connectivity index (χ0n) is 32.4. The molecule has 6 heterocycles. The van der Waals surface area contributed by atoms with E-state index in [1.807, 2.05) is 47.0 Å². The van der Waals surface area contributed by atoms with Gasteiger partial charge in [0, 0.05) is 80.5 Å². The van der Waals surface area contributed by atoms with Gasteiger partial charge >= 0.3 is 6.18 Å². The molecule has 0 aliphatic carbocycles. The summed E-state index contributed by atoms with van der Waals surface area (Å²) in [5, 5.41) is 10.8. The fourth-order valence-corrected chi connectivity index (χ4v) is 8.42. The number of pyridine rings is 1. The molecule has 3 aliphatic rings. The SMILES string of the molecule is Cn1c(-c2cc3c(cc2C(=O)N2Cc4ccccc4C[C@H]2CN2CCOCC2)OCO3)cc(C(=O)N(c2ccc(O)cc2)c2cnc3c(ccn3C)c2)c1CC(F)(F)F.